The van der Waals surface area contributed by atoms with Crippen molar-refractivity contribution in [3.63, 3.8) is 0 Å². The molecule has 0 atom stereocenters. The number of hydrogen-bond donors (Lipinski definition) is 1. The molecule has 7 heteroatoms. The van der Waals surface area contributed by atoms with Crippen LogP contribution in [0.2, 0.25) is 0 Å². The van der Waals surface area contributed by atoms with E-state index in [2.05, 4.69) is 26.1 Å². The Bertz CT molecular complexity index is 573. The lowest BCUT2D eigenvalue weighted by molar-refractivity contribution is 0.186. The number of ether oxygens (including phenoxy) is 1. The van der Waals surface area contributed by atoms with E-state index in [0.717, 1.165) is 0 Å². The average Bonchev–Trinajstić information content (AvgIpc) is 2.82. The summed E-state index contributed by atoms with van der Waals surface area (Å²) in [7, 11) is 1.60. The normalized spacial score (nSPS) is 10.9. The topological polar surface area (TPSA) is 66.0 Å². The van der Waals surface area contributed by atoms with Gasteiger partial charge in [0, 0.05) is 13.7 Å². The fourth-order valence-corrected chi connectivity index (χ4v) is 2.15. The van der Waals surface area contributed by atoms with Gasteiger partial charge in [-0.05, 0) is 28.1 Å². The number of halogens is 2. The Morgan fingerprint density at radius 2 is 2.21 bits per heavy atom. The number of benzene rings is 1. The number of nitrogens with zero attached hydrogens (tertiary/aromatic N) is 3. The highest BCUT2D eigenvalue weighted by Crippen LogP contribution is 2.27. The third kappa shape index (κ3) is 2.83. The van der Waals surface area contributed by atoms with Crippen molar-refractivity contribution >= 4 is 15.9 Å². The molecule has 2 rings (SSSR count). The summed E-state index contributed by atoms with van der Waals surface area (Å²) >= 11 is 3.16. The van der Waals surface area contributed by atoms with Crippen LogP contribution in [-0.2, 0) is 17.8 Å². The molecule has 102 valence electrons. The highest BCUT2D eigenvalue weighted by atomic mass is 79.9. The molecule has 0 aliphatic rings. The fraction of sp³-hybridized carbons (Fsp3) is 0.333. The molecule has 0 amide bonds. The summed E-state index contributed by atoms with van der Waals surface area (Å²) in [6, 6.07) is 5.05. The molecule has 5 nitrogen and oxygen atoms in total. The lowest BCUT2D eigenvalue weighted by Crippen LogP contribution is -2.13. The Hall–Kier alpha value is -1.31. The van der Waals surface area contributed by atoms with E-state index in [0.29, 0.717) is 34.8 Å². The molecule has 0 spiro atoms. The van der Waals surface area contributed by atoms with E-state index < -0.39 is 0 Å². The first-order valence-corrected chi connectivity index (χ1v) is 6.53. The van der Waals surface area contributed by atoms with E-state index in [4.69, 9.17) is 10.5 Å². The Balaban J connectivity index is 2.49. The van der Waals surface area contributed by atoms with Crippen molar-refractivity contribution in [3.05, 3.63) is 34.3 Å². The van der Waals surface area contributed by atoms with Crippen LogP contribution in [0, 0.1) is 5.82 Å². The average molecular weight is 329 g/mol. The third-order valence-corrected chi connectivity index (χ3v) is 3.33. The molecular weight excluding hydrogens is 315 g/mol. The van der Waals surface area contributed by atoms with E-state index in [1.165, 1.54) is 0 Å². The number of rotatable bonds is 5. The first-order chi connectivity index (χ1) is 9.19. The van der Waals surface area contributed by atoms with E-state index in [1.54, 1.807) is 29.9 Å². The molecule has 2 aromatic rings. The lowest BCUT2D eigenvalue weighted by Gasteiger charge is -2.10. The van der Waals surface area contributed by atoms with Crippen molar-refractivity contribution < 1.29 is 9.13 Å². The van der Waals surface area contributed by atoms with Gasteiger partial charge in [0.05, 0.1) is 23.2 Å². The molecule has 1 aromatic heterocycles. The van der Waals surface area contributed by atoms with Gasteiger partial charge in [0.2, 0.25) is 0 Å². The van der Waals surface area contributed by atoms with Crippen molar-refractivity contribution in [2.45, 2.75) is 13.1 Å². The molecular formula is C12H14BrFN4O. The first kappa shape index (κ1) is 14.1. The van der Waals surface area contributed by atoms with Crippen molar-refractivity contribution in [2.24, 2.45) is 5.73 Å². The number of aromatic nitrogens is 3. The highest BCUT2D eigenvalue weighted by Gasteiger charge is 2.17. The second-order valence-electron chi connectivity index (χ2n) is 3.89. The van der Waals surface area contributed by atoms with Crippen LogP contribution in [0.4, 0.5) is 4.39 Å². The second kappa shape index (κ2) is 6.23. The van der Waals surface area contributed by atoms with Gasteiger partial charge in [0.15, 0.2) is 5.82 Å². The Kier molecular flexibility index (Phi) is 4.62. The summed E-state index contributed by atoms with van der Waals surface area (Å²) in [4.78, 5) is 0. The molecule has 2 N–H and O–H groups in total. The van der Waals surface area contributed by atoms with Gasteiger partial charge >= 0.3 is 0 Å². The van der Waals surface area contributed by atoms with Gasteiger partial charge in [0.1, 0.15) is 11.6 Å². The van der Waals surface area contributed by atoms with Crippen LogP contribution in [0.15, 0.2) is 22.7 Å². The Morgan fingerprint density at radius 1 is 1.42 bits per heavy atom. The van der Waals surface area contributed by atoms with Crippen LogP contribution in [0.25, 0.3) is 11.4 Å². The lowest BCUT2D eigenvalue weighted by atomic mass is 10.2. The van der Waals surface area contributed by atoms with E-state index >= 15 is 0 Å². The monoisotopic (exact) mass is 328 g/mol. The molecule has 0 unspecified atom stereocenters. The molecule has 0 saturated carbocycles. The second-order valence-corrected chi connectivity index (χ2v) is 4.74. The van der Waals surface area contributed by atoms with Crippen LogP contribution in [0.5, 0.6) is 0 Å². The summed E-state index contributed by atoms with van der Waals surface area (Å²) in [5.74, 6) is 0.694. The fourth-order valence-electron chi connectivity index (χ4n) is 1.78. The van der Waals surface area contributed by atoms with Crippen LogP contribution in [0.1, 0.15) is 5.82 Å². The number of hydrogen-bond acceptors (Lipinski definition) is 4. The predicted octanol–water partition coefficient (Wildman–Crippen LogP) is 1.95. The Labute approximate surface area is 118 Å². The van der Waals surface area contributed by atoms with E-state index in [9.17, 15) is 4.39 Å². The zero-order valence-electron chi connectivity index (χ0n) is 10.4. The number of methoxy groups -OCH3 is 1. The molecule has 1 aromatic carbocycles. The highest BCUT2D eigenvalue weighted by molar-refractivity contribution is 9.10. The minimum absolute atomic E-state index is 0.242. The maximum absolute atomic E-state index is 14.1. The molecule has 0 saturated heterocycles. The zero-order valence-corrected chi connectivity index (χ0v) is 12.0. The smallest absolute Gasteiger partial charge is 0.167 e. The molecule has 0 radical (unpaired) electrons. The quantitative estimate of drug-likeness (QED) is 0.911. The molecule has 0 fully saturated rings. The maximum atomic E-state index is 14.1. The maximum Gasteiger partial charge on any atom is 0.167 e. The van der Waals surface area contributed by atoms with E-state index in [-0.39, 0.29) is 12.4 Å². The number of nitrogens with two attached hydrogens (primary N) is 1. The summed E-state index contributed by atoms with van der Waals surface area (Å²) in [5, 5.41) is 8.01. The van der Waals surface area contributed by atoms with Crippen LogP contribution in [-0.4, -0.2) is 28.5 Å². The largest absolute Gasteiger partial charge is 0.383 e. The van der Waals surface area contributed by atoms with Crippen LogP contribution >= 0.6 is 15.9 Å². The summed E-state index contributed by atoms with van der Waals surface area (Å²) in [6.45, 7) is 1.25. The van der Waals surface area contributed by atoms with Gasteiger partial charge in [0.25, 0.3) is 0 Å². The minimum atomic E-state index is -0.364. The van der Waals surface area contributed by atoms with Crippen molar-refractivity contribution in [2.75, 3.05) is 13.7 Å². The predicted molar refractivity (Wildman–Crippen MR) is 72.9 cm³/mol. The van der Waals surface area contributed by atoms with Gasteiger partial charge in [-0.2, -0.15) is 0 Å². The van der Waals surface area contributed by atoms with Gasteiger partial charge in [-0.1, -0.05) is 6.07 Å². The van der Waals surface area contributed by atoms with Crippen molar-refractivity contribution in [1.82, 2.24) is 14.8 Å². The molecule has 0 aliphatic heterocycles. The summed E-state index contributed by atoms with van der Waals surface area (Å²) in [5.41, 5.74) is 6.00. The molecule has 19 heavy (non-hydrogen) atoms. The minimum Gasteiger partial charge on any atom is -0.383 e. The molecule has 1 heterocycles. The molecule has 0 bridgehead atoms. The summed E-state index contributed by atoms with van der Waals surface area (Å²) in [6.07, 6.45) is 0. The van der Waals surface area contributed by atoms with Gasteiger partial charge in [-0.15, -0.1) is 10.2 Å². The molecule has 0 aliphatic carbocycles. The standard InChI is InChI=1S/C12H14BrFN4O/c1-19-6-5-18-10(7-15)16-17-12(18)8-3-2-4-9(13)11(8)14/h2-4H,5-7,15H2,1H3. The van der Waals surface area contributed by atoms with Gasteiger partial charge in [-0.25, -0.2) is 4.39 Å². The van der Waals surface area contributed by atoms with Gasteiger partial charge in [-0.3, -0.25) is 0 Å². The van der Waals surface area contributed by atoms with Crippen molar-refractivity contribution in [3.8, 4) is 11.4 Å². The van der Waals surface area contributed by atoms with Gasteiger partial charge < -0.3 is 15.0 Å². The SMILES string of the molecule is COCCn1c(CN)nnc1-c1cccc(Br)c1F. The third-order valence-electron chi connectivity index (χ3n) is 2.72. The Morgan fingerprint density at radius 3 is 2.89 bits per heavy atom. The van der Waals surface area contributed by atoms with Crippen molar-refractivity contribution in [1.29, 1.82) is 0 Å². The summed E-state index contributed by atoms with van der Waals surface area (Å²) < 4.78 is 21.3. The van der Waals surface area contributed by atoms with E-state index in [1.807, 2.05) is 0 Å². The van der Waals surface area contributed by atoms with Crippen LogP contribution in [0.3, 0.4) is 0 Å². The van der Waals surface area contributed by atoms with Crippen LogP contribution < -0.4 is 5.73 Å². The zero-order chi connectivity index (χ0) is 13.8. The first-order valence-electron chi connectivity index (χ1n) is 5.74.